The number of rotatable bonds is 2. The molecule has 0 bridgehead atoms. The molecule has 28 heavy (non-hydrogen) atoms. The van der Waals surface area contributed by atoms with E-state index in [1.807, 2.05) is 72.9 Å². The minimum atomic E-state index is 0.0137. The lowest BCUT2D eigenvalue weighted by Gasteiger charge is -2.23. The van der Waals surface area contributed by atoms with Gasteiger partial charge in [-0.3, -0.25) is 9.48 Å². The lowest BCUT2D eigenvalue weighted by atomic mass is 10.1. The molecular formula is C23H20N4O. The highest BCUT2D eigenvalue weighted by Crippen LogP contribution is 2.29. The molecule has 2 aromatic carbocycles. The summed E-state index contributed by atoms with van der Waals surface area (Å²) in [6.07, 6.45) is 5.87. The summed E-state index contributed by atoms with van der Waals surface area (Å²) in [6.45, 7) is 1.34. The zero-order chi connectivity index (χ0) is 19.1. The Balaban J connectivity index is 1.50. The van der Waals surface area contributed by atoms with E-state index in [4.69, 9.17) is 0 Å². The molecule has 1 amide bonds. The van der Waals surface area contributed by atoms with Crippen molar-refractivity contribution in [3.63, 3.8) is 0 Å². The number of carbonyl (C=O) groups is 1. The lowest BCUT2D eigenvalue weighted by Crippen LogP contribution is -2.30. The van der Waals surface area contributed by atoms with Gasteiger partial charge in [0.1, 0.15) is 0 Å². The van der Waals surface area contributed by atoms with E-state index >= 15 is 0 Å². The summed E-state index contributed by atoms with van der Waals surface area (Å²) in [4.78, 5) is 15.3. The van der Waals surface area contributed by atoms with Crippen LogP contribution in [-0.4, -0.2) is 20.3 Å². The molecule has 0 spiro atoms. The summed E-state index contributed by atoms with van der Waals surface area (Å²) < 4.78 is 3.98. The van der Waals surface area contributed by atoms with E-state index < -0.39 is 0 Å². The second-order valence-corrected chi connectivity index (χ2v) is 7.13. The minimum absolute atomic E-state index is 0.0137. The molecule has 5 nitrogen and oxygen atoms in total. The maximum Gasteiger partial charge on any atom is 0.258 e. The van der Waals surface area contributed by atoms with Gasteiger partial charge in [-0.15, -0.1) is 0 Å². The second kappa shape index (κ2) is 6.53. The molecule has 0 N–H and O–H groups in total. The Kier molecular flexibility index (Phi) is 3.86. The minimum Gasteiger partial charge on any atom is -0.345 e. The molecule has 0 saturated heterocycles. The Morgan fingerprint density at radius 1 is 0.929 bits per heavy atom. The quantitative estimate of drug-likeness (QED) is 0.535. The van der Waals surface area contributed by atoms with Crippen LogP contribution in [0.4, 0.5) is 5.69 Å². The summed E-state index contributed by atoms with van der Waals surface area (Å²) in [5.41, 5.74) is 6.04. The number of nitrogens with zero attached hydrogens (tertiary/aromatic N) is 4. The number of anilines is 1. The molecule has 0 fully saturated rings. The number of fused-ring (bicyclic) bond motifs is 2. The molecule has 0 atom stereocenters. The second-order valence-electron chi connectivity index (χ2n) is 7.13. The Bertz CT molecular complexity index is 1150. The first-order valence-electron chi connectivity index (χ1n) is 9.32. The van der Waals surface area contributed by atoms with Crippen molar-refractivity contribution in [1.29, 1.82) is 0 Å². The average Bonchev–Trinajstić information content (AvgIpc) is 3.32. The first-order chi connectivity index (χ1) is 13.7. The molecule has 1 aliphatic heterocycles. The largest absolute Gasteiger partial charge is 0.345 e. The summed E-state index contributed by atoms with van der Waals surface area (Å²) in [7, 11) is 1.90. The van der Waals surface area contributed by atoms with Crippen molar-refractivity contribution < 1.29 is 4.79 Å². The molecule has 138 valence electrons. The van der Waals surface area contributed by atoms with Crippen molar-refractivity contribution in [2.75, 3.05) is 4.90 Å². The predicted molar refractivity (Wildman–Crippen MR) is 109 cm³/mol. The highest BCUT2D eigenvalue weighted by molar-refractivity contribution is 6.06. The lowest BCUT2D eigenvalue weighted by molar-refractivity contribution is 0.0985. The van der Waals surface area contributed by atoms with Crippen LogP contribution < -0.4 is 4.90 Å². The van der Waals surface area contributed by atoms with Crippen molar-refractivity contribution in [1.82, 2.24) is 14.3 Å². The Hall–Kier alpha value is -3.60. The van der Waals surface area contributed by atoms with E-state index in [0.29, 0.717) is 12.1 Å². The topological polar surface area (TPSA) is 43.1 Å². The third kappa shape index (κ3) is 2.81. The third-order valence-electron chi connectivity index (χ3n) is 5.28. The molecular weight excluding hydrogens is 348 g/mol. The molecule has 4 aromatic rings. The zero-order valence-corrected chi connectivity index (χ0v) is 15.6. The SMILES string of the molecule is Cn1cc(-c2ccc(C(=O)N3Cc4cccn4Cc4ccccc43)cc2)cn1. The van der Waals surface area contributed by atoms with Gasteiger partial charge in [-0.25, -0.2) is 0 Å². The van der Waals surface area contributed by atoms with Gasteiger partial charge in [-0.1, -0.05) is 30.3 Å². The molecule has 0 radical (unpaired) electrons. The normalized spacial score (nSPS) is 13.0. The highest BCUT2D eigenvalue weighted by atomic mass is 16.2. The van der Waals surface area contributed by atoms with Crippen molar-refractivity contribution in [3.8, 4) is 11.1 Å². The first kappa shape index (κ1) is 16.6. The van der Waals surface area contributed by atoms with Gasteiger partial charge in [-0.05, 0) is 41.5 Å². The molecule has 0 saturated carbocycles. The van der Waals surface area contributed by atoms with Gasteiger partial charge in [0.05, 0.1) is 12.7 Å². The van der Waals surface area contributed by atoms with E-state index in [0.717, 1.165) is 34.6 Å². The van der Waals surface area contributed by atoms with Crippen LogP contribution in [0.5, 0.6) is 0 Å². The molecule has 2 aromatic heterocycles. The number of aryl methyl sites for hydroxylation is 1. The fraction of sp³-hybridized carbons (Fsp3) is 0.130. The van der Waals surface area contributed by atoms with Gasteiger partial charge in [0.25, 0.3) is 5.91 Å². The van der Waals surface area contributed by atoms with Crippen LogP contribution in [0.1, 0.15) is 21.6 Å². The summed E-state index contributed by atoms with van der Waals surface area (Å²) in [5.74, 6) is 0.0137. The van der Waals surface area contributed by atoms with Crippen molar-refractivity contribution in [2.45, 2.75) is 13.1 Å². The Morgan fingerprint density at radius 3 is 2.54 bits per heavy atom. The van der Waals surface area contributed by atoms with Crippen LogP contribution >= 0.6 is 0 Å². The van der Waals surface area contributed by atoms with E-state index in [1.165, 1.54) is 0 Å². The predicted octanol–water partition coefficient (Wildman–Crippen LogP) is 4.10. The van der Waals surface area contributed by atoms with Crippen LogP contribution in [-0.2, 0) is 20.1 Å². The van der Waals surface area contributed by atoms with E-state index in [1.54, 1.807) is 4.68 Å². The smallest absolute Gasteiger partial charge is 0.258 e. The van der Waals surface area contributed by atoms with Crippen LogP contribution in [0, 0.1) is 0 Å². The maximum atomic E-state index is 13.4. The van der Waals surface area contributed by atoms with Crippen molar-refractivity contribution in [3.05, 3.63) is 96.1 Å². The monoisotopic (exact) mass is 368 g/mol. The molecule has 3 heterocycles. The number of benzene rings is 2. The fourth-order valence-electron chi connectivity index (χ4n) is 3.80. The number of amides is 1. The number of para-hydroxylation sites is 1. The highest BCUT2D eigenvalue weighted by Gasteiger charge is 2.24. The maximum absolute atomic E-state index is 13.4. The molecule has 0 aliphatic carbocycles. The summed E-state index contributed by atoms with van der Waals surface area (Å²) >= 11 is 0. The molecule has 5 rings (SSSR count). The molecule has 1 aliphatic rings. The summed E-state index contributed by atoms with van der Waals surface area (Å²) in [6, 6.07) is 20.0. The number of hydrogen-bond acceptors (Lipinski definition) is 2. The van der Waals surface area contributed by atoms with Crippen LogP contribution in [0.3, 0.4) is 0 Å². The Morgan fingerprint density at radius 2 is 1.75 bits per heavy atom. The van der Waals surface area contributed by atoms with Crippen LogP contribution in [0.2, 0.25) is 0 Å². The van der Waals surface area contributed by atoms with E-state index in [9.17, 15) is 4.79 Å². The fourth-order valence-corrected chi connectivity index (χ4v) is 3.80. The number of carbonyl (C=O) groups excluding carboxylic acids is 1. The standard InChI is InChI=1S/C23H20N4O/c1-25-14-20(13-24-25)17-8-10-18(11-9-17)23(28)27-16-21-6-4-12-26(21)15-19-5-2-3-7-22(19)27/h2-14H,15-16H2,1H3. The van der Waals surface area contributed by atoms with Crippen molar-refractivity contribution in [2.24, 2.45) is 7.05 Å². The number of hydrogen-bond donors (Lipinski definition) is 0. The van der Waals surface area contributed by atoms with E-state index in [-0.39, 0.29) is 5.91 Å². The van der Waals surface area contributed by atoms with Gasteiger partial charge in [-0.2, -0.15) is 5.10 Å². The number of aromatic nitrogens is 3. The summed E-state index contributed by atoms with van der Waals surface area (Å²) in [5, 5.41) is 4.21. The van der Waals surface area contributed by atoms with Crippen molar-refractivity contribution >= 4 is 11.6 Å². The van der Waals surface area contributed by atoms with Gasteiger partial charge >= 0.3 is 0 Å². The molecule has 5 heteroatoms. The van der Waals surface area contributed by atoms with E-state index in [2.05, 4.69) is 28.0 Å². The van der Waals surface area contributed by atoms with Gasteiger partial charge in [0, 0.05) is 48.5 Å². The van der Waals surface area contributed by atoms with Gasteiger partial charge in [0.15, 0.2) is 0 Å². The van der Waals surface area contributed by atoms with Gasteiger partial charge < -0.3 is 9.47 Å². The third-order valence-corrected chi connectivity index (χ3v) is 5.28. The zero-order valence-electron chi connectivity index (χ0n) is 15.6. The van der Waals surface area contributed by atoms with Crippen LogP contribution in [0.25, 0.3) is 11.1 Å². The van der Waals surface area contributed by atoms with Gasteiger partial charge in [0.2, 0.25) is 0 Å². The Labute approximate surface area is 163 Å². The average molecular weight is 368 g/mol. The van der Waals surface area contributed by atoms with Crippen LogP contribution in [0.15, 0.2) is 79.3 Å². The molecule has 0 unspecified atom stereocenters. The first-order valence-corrected chi connectivity index (χ1v) is 9.32.